The largest absolute Gasteiger partial charge is 0.271 e. The molecule has 3 heteroatoms. The third kappa shape index (κ3) is 2.10. The van der Waals surface area contributed by atoms with Gasteiger partial charge in [0.25, 0.3) is 0 Å². The third-order valence-corrected chi connectivity index (χ3v) is 3.82. The number of aryl methyl sites for hydroxylation is 1. The van der Waals surface area contributed by atoms with E-state index in [-0.39, 0.29) is 0 Å². The quantitative estimate of drug-likeness (QED) is 0.573. The molecule has 0 spiro atoms. The fourth-order valence-electron chi connectivity index (χ4n) is 1.68. The van der Waals surface area contributed by atoms with Crippen LogP contribution in [-0.4, -0.2) is 0 Å². The Kier molecular flexibility index (Phi) is 2.67. The molecule has 1 heterocycles. The molecule has 1 aliphatic carbocycles. The predicted molar refractivity (Wildman–Crippen MR) is 56.5 cm³/mol. The minimum Gasteiger partial charge on any atom is -0.271 e. The number of nitrogens with one attached hydrogen (secondary N) is 1. The molecule has 0 radical (unpaired) electrons. The highest BCUT2D eigenvalue weighted by molar-refractivity contribution is 7.10. The molecule has 1 atom stereocenters. The summed E-state index contributed by atoms with van der Waals surface area (Å²) in [7, 11) is 0. The highest BCUT2D eigenvalue weighted by atomic mass is 32.1. The van der Waals surface area contributed by atoms with Crippen LogP contribution >= 0.6 is 11.3 Å². The Hall–Kier alpha value is -0.380. The molecule has 2 rings (SSSR count). The van der Waals surface area contributed by atoms with Crippen LogP contribution < -0.4 is 11.3 Å². The Morgan fingerprint density at radius 2 is 2.46 bits per heavy atom. The number of hydrogen-bond donors (Lipinski definition) is 2. The van der Waals surface area contributed by atoms with Crippen molar-refractivity contribution < 1.29 is 0 Å². The molecule has 13 heavy (non-hydrogen) atoms. The van der Waals surface area contributed by atoms with Gasteiger partial charge in [-0.1, -0.05) is 12.8 Å². The Balaban J connectivity index is 2.06. The Morgan fingerprint density at radius 1 is 1.69 bits per heavy atom. The minimum atomic E-state index is 0.382. The number of rotatable bonds is 4. The van der Waals surface area contributed by atoms with E-state index in [0.29, 0.717) is 6.04 Å². The van der Waals surface area contributed by atoms with E-state index < -0.39 is 0 Å². The van der Waals surface area contributed by atoms with Gasteiger partial charge in [-0.3, -0.25) is 11.3 Å². The van der Waals surface area contributed by atoms with Crippen LogP contribution in [0.3, 0.4) is 0 Å². The first-order chi connectivity index (χ1) is 6.31. The predicted octanol–water partition coefficient (Wildman–Crippen LogP) is 2.36. The number of hydrazine groups is 1. The molecule has 0 aliphatic heterocycles. The van der Waals surface area contributed by atoms with E-state index in [9.17, 15) is 0 Å². The summed E-state index contributed by atoms with van der Waals surface area (Å²) in [5, 5.41) is 2.14. The van der Waals surface area contributed by atoms with Crippen molar-refractivity contribution in [3.63, 3.8) is 0 Å². The molecule has 3 N–H and O–H groups in total. The smallest absolute Gasteiger partial charge is 0.0558 e. The molecule has 0 bridgehead atoms. The first kappa shape index (κ1) is 9.19. The van der Waals surface area contributed by atoms with Gasteiger partial charge in [-0.2, -0.15) is 0 Å². The highest BCUT2D eigenvalue weighted by Crippen LogP contribution is 2.39. The van der Waals surface area contributed by atoms with Crippen molar-refractivity contribution >= 4 is 11.3 Å². The molecule has 1 unspecified atom stereocenters. The maximum atomic E-state index is 5.57. The molecule has 1 aromatic heterocycles. The van der Waals surface area contributed by atoms with Crippen LogP contribution in [0.15, 0.2) is 11.4 Å². The van der Waals surface area contributed by atoms with E-state index in [4.69, 9.17) is 5.84 Å². The lowest BCUT2D eigenvalue weighted by molar-refractivity contribution is 0.492. The summed E-state index contributed by atoms with van der Waals surface area (Å²) in [6.07, 6.45) is 3.99. The lowest BCUT2D eigenvalue weighted by atomic mass is 10.1. The number of thiophene rings is 1. The first-order valence-electron chi connectivity index (χ1n) is 4.81. The third-order valence-electron chi connectivity index (χ3n) is 2.69. The average Bonchev–Trinajstić information content (AvgIpc) is 2.85. The summed E-state index contributed by atoms with van der Waals surface area (Å²) < 4.78 is 0. The molecule has 0 amide bonds. The second-order valence-corrected chi connectivity index (χ2v) is 4.81. The zero-order valence-electron chi connectivity index (χ0n) is 7.92. The van der Waals surface area contributed by atoms with Gasteiger partial charge >= 0.3 is 0 Å². The highest BCUT2D eigenvalue weighted by Gasteiger charge is 2.26. The van der Waals surface area contributed by atoms with E-state index in [0.717, 1.165) is 5.92 Å². The molecule has 72 valence electrons. The van der Waals surface area contributed by atoms with Crippen LogP contribution in [0.5, 0.6) is 0 Å². The van der Waals surface area contributed by atoms with Crippen molar-refractivity contribution in [3.05, 3.63) is 21.9 Å². The number of nitrogens with two attached hydrogens (primary N) is 1. The van der Waals surface area contributed by atoms with Gasteiger partial charge in [-0.25, -0.2) is 0 Å². The normalized spacial score (nSPS) is 18.9. The molecule has 1 fully saturated rings. The second-order valence-electron chi connectivity index (χ2n) is 3.87. The van der Waals surface area contributed by atoms with Crippen LogP contribution in [-0.2, 0) is 0 Å². The zero-order valence-corrected chi connectivity index (χ0v) is 8.73. The van der Waals surface area contributed by atoms with Gasteiger partial charge in [0.05, 0.1) is 6.04 Å². The Labute approximate surface area is 83.1 Å². The van der Waals surface area contributed by atoms with Crippen molar-refractivity contribution in [3.8, 4) is 0 Å². The molecular formula is C10H16N2S. The second kappa shape index (κ2) is 3.78. The molecule has 2 nitrogen and oxygen atoms in total. The summed E-state index contributed by atoms with van der Waals surface area (Å²) in [4.78, 5) is 1.41. The van der Waals surface area contributed by atoms with Crippen molar-refractivity contribution in [1.82, 2.24) is 5.43 Å². The molecule has 1 saturated carbocycles. The topological polar surface area (TPSA) is 38.0 Å². The Bertz CT molecular complexity index is 278. The van der Waals surface area contributed by atoms with Crippen molar-refractivity contribution in [1.29, 1.82) is 0 Å². The van der Waals surface area contributed by atoms with Gasteiger partial charge in [0.15, 0.2) is 0 Å². The molecule has 0 saturated heterocycles. The first-order valence-corrected chi connectivity index (χ1v) is 5.69. The fraction of sp³-hybridized carbons (Fsp3) is 0.600. The van der Waals surface area contributed by atoms with E-state index in [1.165, 1.54) is 29.7 Å². The van der Waals surface area contributed by atoms with Crippen LogP contribution in [0, 0.1) is 12.8 Å². The summed E-state index contributed by atoms with van der Waals surface area (Å²) in [5.74, 6) is 6.48. The fourth-order valence-corrected chi connectivity index (χ4v) is 2.68. The van der Waals surface area contributed by atoms with Crippen LogP contribution in [0.25, 0.3) is 0 Å². The summed E-state index contributed by atoms with van der Waals surface area (Å²) >= 11 is 1.81. The van der Waals surface area contributed by atoms with Gasteiger partial charge < -0.3 is 0 Å². The van der Waals surface area contributed by atoms with Crippen LogP contribution in [0.4, 0.5) is 0 Å². The zero-order chi connectivity index (χ0) is 9.26. The summed E-state index contributed by atoms with van der Waals surface area (Å²) in [6.45, 7) is 2.16. The average molecular weight is 196 g/mol. The summed E-state index contributed by atoms with van der Waals surface area (Å²) in [5.41, 5.74) is 4.30. The van der Waals surface area contributed by atoms with Gasteiger partial charge in [0.2, 0.25) is 0 Å². The van der Waals surface area contributed by atoms with Crippen LogP contribution in [0.1, 0.15) is 35.7 Å². The minimum absolute atomic E-state index is 0.382. The summed E-state index contributed by atoms with van der Waals surface area (Å²) in [6, 6.07) is 2.55. The van der Waals surface area contributed by atoms with E-state index in [1.807, 2.05) is 11.3 Å². The standard InChI is InChI=1S/C10H16N2S/c1-7-4-5-13-10(7)9(12-11)6-8-2-3-8/h4-5,8-9,12H,2-3,6,11H2,1H3. The monoisotopic (exact) mass is 196 g/mol. The van der Waals surface area contributed by atoms with E-state index in [2.05, 4.69) is 23.8 Å². The molecule has 1 aliphatic rings. The lowest BCUT2D eigenvalue weighted by Gasteiger charge is -2.14. The molecular weight excluding hydrogens is 180 g/mol. The maximum Gasteiger partial charge on any atom is 0.0558 e. The molecule has 0 aromatic carbocycles. The van der Waals surface area contributed by atoms with E-state index in [1.54, 1.807) is 0 Å². The van der Waals surface area contributed by atoms with Gasteiger partial charge in [-0.05, 0) is 36.3 Å². The van der Waals surface area contributed by atoms with Crippen molar-refractivity contribution in [2.75, 3.05) is 0 Å². The van der Waals surface area contributed by atoms with Crippen LogP contribution in [0.2, 0.25) is 0 Å². The van der Waals surface area contributed by atoms with Crippen molar-refractivity contribution in [2.45, 2.75) is 32.2 Å². The maximum absolute atomic E-state index is 5.57. The van der Waals surface area contributed by atoms with Gasteiger partial charge in [-0.15, -0.1) is 11.3 Å². The van der Waals surface area contributed by atoms with Crippen molar-refractivity contribution in [2.24, 2.45) is 11.8 Å². The van der Waals surface area contributed by atoms with E-state index >= 15 is 0 Å². The van der Waals surface area contributed by atoms with Gasteiger partial charge in [0.1, 0.15) is 0 Å². The lowest BCUT2D eigenvalue weighted by Crippen LogP contribution is -2.28. The van der Waals surface area contributed by atoms with Gasteiger partial charge in [0, 0.05) is 4.88 Å². The SMILES string of the molecule is Cc1ccsc1C(CC1CC1)NN. The number of hydrogen-bond acceptors (Lipinski definition) is 3. The Morgan fingerprint density at radius 3 is 2.92 bits per heavy atom. The molecule has 1 aromatic rings.